The molecule has 0 spiro atoms. The molecule has 8 heteroatoms. The summed E-state index contributed by atoms with van der Waals surface area (Å²) in [7, 11) is 0. The highest BCUT2D eigenvalue weighted by atomic mass is 16.5. The summed E-state index contributed by atoms with van der Waals surface area (Å²) < 4.78 is 10.4. The maximum Gasteiger partial charge on any atom is 0.239 e. The highest BCUT2D eigenvalue weighted by molar-refractivity contribution is 5.84. The van der Waals surface area contributed by atoms with Gasteiger partial charge in [-0.3, -0.25) is 14.4 Å². The van der Waals surface area contributed by atoms with Gasteiger partial charge in [-0.25, -0.2) is 0 Å². The van der Waals surface area contributed by atoms with Crippen molar-refractivity contribution in [1.29, 1.82) is 0 Å². The summed E-state index contributed by atoms with van der Waals surface area (Å²) in [5, 5.41) is 7.83. The molecule has 3 amide bonds. The lowest BCUT2D eigenvalue weighted by Gasteiger charge is -2.17. The van der Waals surface area contributed by atoms with Crippen LogP contribution in [-0.2, 0) is 23.9 Å². The molecule has 3 N–H and O–H groups in total. The van der Waals surface area contributed by atoms with Gasteiger partial charge in [0.15, 0.2) is 0 Å². The highest BCUT2D eigenvalue weighted by Crippen LogP contribution is 1.98. The van der Waals surface area contributed by atoms with Gasteiger partial charge in [-0.15, -0.1) is 0 Å². The molecule has 0 aliphatic heterocycles. The number of rotatable bonds is 14. The van der Waals surface area contributed by atoms with Crippen molar-refractivity contribution in [1.82, 2.24) is 16.0 Å². The molecule has 8 nitrogen and oxygen atoms in total. The molecule has 0 fully saturated rings. The van der Waals surface area contributed by atoms with Crippen molar-refractivity contribution < 1.29 is 23.9 Å². The van der Waals surface area contributed by atoms with Gasteiger partial charge in [-0.05, 0) is 12.8 Å². The van der Waals surface area contributed by atoms with E-state index < -0.39 is 0 Å². The van der Waals surface area contributed by atoms with Gasteiger partial charge in [0, 0.05) is 19.0 Å². The lowest BCUT2D eigenvalue weighted by atomic mass is 10.1. The molecule has 0 aromatic rings. The van der Waals surface area contributed by atoms with Gasteiger partial charge in [-0.2, -0.15) is 0 Å². The van der Waals surface area contributed by atoms with E-state index in [1.807, 2.05) is 20.8 Å². The normalized spacial score (nSPS) is 11.8. The van der Waals surface area contributed by atoms with Crippen LogP contribution in [0.15, 0.2) is 0 Å². The second-order valence-corrected chi connectivity index (χ2v) is 5.42. The van der Waals surface area contributed by atoms with E-state index in [0.717, 1.165) is 0 Å². The van der Waals surface area contributed by atoms with E-state index in [2.05, 4.69) is 16.0 Å². The molecule has 0 aromatic heterocycles. The lowest BCUT2D eigenvalue weighted by Crippen LogP contribution is -2.42. The van der Waals surface area contributed by atoms with Gasteiger partial charge in [0.1, 0.15) is 0 Å². The molecular formula is C15H29N3O5. The van der Waals surface area contributed by atoms with Gasteiger partial charge in [0.25, 0.3) is 0 Å². The molecular weight excluding hydrogens is 302 g/mol. The summed E-state index contributed by atoms with van der Waals surface area (Å²) in [6.45, 7) is 7.87. The van der Waals surface area contributed by atoms with Gasteiger partial charge < -0.3 is 25.4 Å². The zero-order valence-corrected chi connectivity index (χ0v) is 14.2. The first kappa shape index (κ1) is 21.3. The van der Waals surface area contributed by atoms with Crippen molar-refractivity contribution in [2.45, 2.75) is 33.2 Å². The van der Waals surface area contributed by atoms with Crippen molar-refractivity contribution in [2.24, 2.45) is 5.92 Å². The van der Waals surface area contributed by atoms with Crippen LogP contribution >= 0.6 is 0 Å². The Kier molecular flexibility index (Phi) is 12.9. The molecule has 0 saturated carbocycles. The Labute approximate surface area is 137 Å². The summed E-state index contributed by atoms with van der Waals surface area (Å²) in [5.74, 6) is -0.0780. The molecule has 1 unspecified atom stereocenters. The van der Waals surface area contributed by atoms with Crippen LogP contribution in [0.1, 0.15) is 27.2 Å². The first-order chi connectivity index (χ1) is 11.0. The largest absolute Gasteiger partial charge is 0.379 e. The van der Waals surface area contributed by atoms with Gasteiger partial charge in [0.2, 0.25) is 18.2 Å². The molecule has 0 aliphatic rings. The average Bonchev–Trinajstić information content (AvgIpc) is 2.51. The standard InChI is InChI=1S/C15H29N3O5/c1-12(2)13(3)18-15(21)10-17-14(20)4-6-22-8-9-23-7-5-16-11-19/h11-13H,4-10H2,1-3H3,(H,16,19)(H,17,20)(H,18,21). The zero-order chi connectivity index (χ0) is 17.5. The molecule has 0 radical (unpaired) electrons. The summed E-state index contributed by atoms with van der Waals surface area (Å²) in [5.41, 5.74) is 0. The Balaban J connectivity index is 3.47. The Bertz CT molecular complexity index is 350. The number of hydrogen-bond donors (Lipinski definition) is 3. The molecule has 0 heterocycles. The monoisotopic (exact) mass is 331 g/mol. The zero-order valence-electron chi connectivity index (χ0n) is 14.2. The molecule has 23 heavy (non-hydrogen) atoms. The van der Waals surface area contributed by atoms with Gasteiger partial charge in [-0.1, -0.05) is 13.8 Å². The minimum absolute atomic E-state index is 0.0251. The summed E-state index contributed by atoms with van der Waals surface area (Å²) in [6, 6.07) is 0.0736. The van der Waals surface area contributed by atoms with Crippen molar-refractivity contribution >= 4 is 18.2 Å². The first-order valence-corrected chi connectivity index (χ1v) is 7.86. The second kappa shape index (κ2) is 14.0. The van der Waals surface area contributed by atoms with Gasteiger partial charge >= 0.3 is 0 Å². The maximum atomic E-state index is 11.6. The van der Waals surface area contributed by atoms with Crippen LogP contribution in [0.2, 0.25) is 0 Å². The predicted molar refractivity (Wildman–Crippen MR) is 85.8 cm³/mol. The van der Waals surface area contributed by atoms with E-state index in [0.29, 0.717) is 38.7 Å². The highest BCUT2D eigenvalue weighted by Gasteiger charge is 2.11. The Morgan fingerprint density at radius 3 is 2.26 bits per heavy atom. The SMILES string of the molecule is CC(C)C(C)NC(=O)CNC(=O)CCOCCOCCNC=O. The van der Waals surface area contributed by atoms with Crippen molar-refractivity contribution in [3.63, 3.8) is 0 Å². The fourth-order valence-corrected chi connectivity index (χ4v) is 1.42. The lowest BCUT2D eigenvalue weighted by molar-refractivity contribution is -0.127. The van der Waals surface area contributed by atoms with Crippen LogP contribution in [0, 0.1) is 5.92 Å². The van der Waals surface area contributed by atoms with E-state index in [-0.39, 0.29) is 37.4 Å². The average molecular weight is 331 g/mol. The smallest absolute Gasteiger partial charge is 0.239 e. The van der Waals surface area contributed by atoms with Crippen LogP contribution in [0.25, 0.3) is 0 Å². The van der Waals surface area contributed by atoms with Crippen molar-refractivity contribution in [3.8, 4) is 0 Å². The van der Waals surface area contributed by atoms with E-state index in [9.17, 15) is 14.4 Å². The quantitative estimate of drug-likeness (QED) is 0.292. The number of amides is 3. The van der Waals surface area contributed by atoms with E-state index in [4.69, 9.17) is 9.47 Å². The second-order valence-electron chi connectivity index (χ2n) is 5.42. The third-order valence-electron chi connectivity index (χ3n) is 3.15. The number of carbonyl (C=O) groups is 3. The van der Waals surface area contributed by atoms with Crippen LogP contribution < -0.4 is 16.0 Å². The first-order valence-electron chi connectivity index (χ1n) is 7.86. The summed E-state index contributed by atoms with van der Waals surface area (Å²) in [4.78, 5) is 33.1. The summed E-state index contributed by atoms with van der Waals surface area (Å²) in [6.07, 6.45) is 0.807. The number of carbonyl (C=O) groups excluding carboxylic acids is 3. The third-order valence-corrected chi connectivity index (χ3v) is 3.15. The number of nitrogens with one attached hydrogen (secondary N) is 3. The van der Waals surface area contributed by atoms with E-state index >= 15 is 0 Å². The van der Waals surface area contributed by atoms with Crippen LogP contribution in [0.4, 0.5) is 0 Å². The fraction of sp³-hybridized carbons (Fsp3) is 0.800. The van der Waals surface area contributed by atoms with Crippen molar-refractivity contribution in [3.05, 3.63) is 0 Å². The van der Waals surface area contributed by atoms with E-state index in [1.165, 1.54) is 0 Å². The fourth-order valence-electron chi connectivity index (χ4n) is 1.42. The van der Waals surface area contributed by atoms with Crippen LogP contribution in [0.3, 0.4) is 0 Å². The molecule has 0 aliphatic carbocycles. The third kappa shape index (κ3) is 13.7. The van der Waals surface area contributed by atoms with Crippen LogP contribution in [-0.4, -0.2) is 63.8 Å². The molecule has 0 bridgehead atoms. The topological polar surface area (TPSA) is 106 Å². The molecule has 134 valence electrons. The van der Waals surface area contributed by atoms with E-state index in [1.54, 1.807) is 0 Å². The van der Waals surface area contributed by atoms with Gasteiger partial charge in [0.05, 0.1) is 33.0 Å². The minimum atomic E-state index is -0.228. The van der Waals surface area contributed by atoms with Crippen LogP contribution in [0.5, 0.6) is 0 Å². The molecule has 0 aromatic carbocycles. The summed E-state index contributed by atoms with van der Waals surface area (Å²) >= 11 is 0. The molecule has 1 atom stereocenters. The minimum Gasteiger partial charge on any atom is -0.379 e. The maximum absolute atomic E-state index is 11.6. The number of hydrogen-bond acceptors (Lipinski definition) is 5. The Hall–Kier alpha value is -1.67. The Morgan fingerprint density at radius 1 is 1.00 bits per heavy atom. The molecule has 0 rings (SSSR count). The Morgan fingerprint density at radius 2 is 1.65 bits per heavy atom. The van der Waals surface area contributed by atoms with Crippen molar-refractivity contribution in [2.75, 3.05) is 39.5 Å². The predicted octanol–water partition coefficient (Wildman–Crippen LogP) is -0.567. The number of ether oxygens (including phenoxy) is 2. The molecule has 0 saturated heterocycles.